The lowest BCUT2D eigenvalue weighted by Crippen LogP contribution is -2.19. The van der Waals surface area contributed by atoms with Crippen LogP contribution in [-0.2, 0) is 0 Å². The number of allylic oxidation sites excluding steroid dienone is 3. The van der Waals surface area contributed by atoms with E-state index in [1.807, 2.05) is 0 Å². The summed E-state index contributed by atoms with van der Waals surface area (Å²) in [6.45, 7) is 0. The lowest BCUT2D eigenvalue weighted by Gasteiger charge is -2.19. The Bertz CT molecular complexity index is 289. The second-order valence-electron chi connectivity index (χ2n) is 2.78. The minimum atomic E-state index is -4.82. The Morgan fingerprint density at radius 3 is 2.36 bits per heavy atom. The maximum atomic E-state index is 12.8. The Morgan fingerprint density at radius 2 is 1.93 bits per heavy atom. The van der Waals surface area contributed by atoms with E-state index in [1.165, 1.54) is 0 Å². The van der Waals surface area contributed by atoms with Crippen molar-refractivity contribution in [2.75, 3.05) is 6.26 Å². The van der Waals surface area contributed by atoms with Crippen molar-refractivity contribution in [1.82, 2.24) is 0 Å². The third-order valence-corrected chi connectivity index (χ3v) is 2.72. The highest BCUT2D eigenvalue weighted by atomic mass is 32.2. The van der Waals surface area contributed by atoms with Gasteiger partial charge in [0, 0.05) is 11.7 Å². The maximum Gasteiger partial charge on any atom is 0.419 e. The molecule has 0 N–H and O–H groups in total. The molecule has 0 amide bonds. The maximum absolute atomic E-state index is 12.8. The van der Waals surface area contributed by atoms with Crippen LogP contribution in [0.25, 0.3) is 0 Å². The molecule has 0 radical (unpaired) electrons. The number of rotatable bonds is 1. The molecule has 0 heterocycles. The number of thioether (sulfide) groups is 1. The summed E-state index contributed by atoms with van der Waals surface area (Å²) in [5, 5.41) is -0.647. The largest absolute Gasteiger partial charge is 0.419 e. The molecule has 0 spiro atoms. The Labute approximate surface area is 81.9 Å². The molecule has 80 valence electrons. The molecule has 0 bridgehead atoms. The van der Waals surface area contributed by atoms with E-state index in [0.717, 1.165) is 17.8 Å². The van der Waals surface area contributed by atoms with E-state index < -0.39 is 28.7 Å². The first-order valence-electron chi connectivity index (χ1n) is 3.72. The molecule has 1 unspecified atom stereocenters. The number of hydrogen-bond donors (Lipinski definition) is 0. The molecule has 1 rings (SSSR count). The lowest BCUT2D eigenvalue weighted by molar-refractivity contribution is -0.0919. The minimum Gasteiger partial charge on any atom is -0.209 e. The summed E-state index contributed by atoms with van der Waals surface area (Å²) in [5.41, 5.74) is -1.50. The molecule has 1 aliphatic rings. The highest BCUT2D eigenvalue weighted by Gasteiger charge is 2.40. The second kappa shape index (κ2) is 3.92. The van der Waals surface area contributed by atoms with Crippen LogP contribution in [0.3, 0.4) is 0 Å². The Balaban J connectivity index is 3.06. The van der Waals surface area contributed by atoms with Gasteiger partial charge in [-0.05, 0) is 6.26 Å². The molecule has 6 heteroatoms. The second-order valence-corrected chi connectivity index (χ2v) is 3.85. The van der Waals surface area contributed by atoms with Gasteiger partial charge in [0.15, 0.2) is 5.83 Å². The average Bonchev–Trinajstić information content (AvgIpc) is 2.07. The van der Waals surface area contributed by atoms with Gasteiger partial charge in [0.05, 0.1) is 5.57 Å². The van der Waals surface area contributed by atoms with Crippen LogP contribution in [0, 0.1) is 0 Å². The third kappa shape index (κ3) is 2.29. The molecule has 14 heavy (non-hydrogen) atoms. The van der Waals surface area contributed by atoms with Gasteiger partial charge in [0.2, 0.25) is 0 Å². The van der Waals surface area contributed by atoms with Gasteiger partial charge in [-0.2, -0.15) is 24.9 Å². The van der Waals surface area contributed by atoms with E-state index in [-0.39, 0.29) is 6.42 Å². The molecule has 1 atom stereocenters. The smallest absolute Gasteiger partial charge is 0.209 e. The molecule has 0 saturated carbocycles. The van der Waals surface area contributed by atoms with Crippen LogP contribution in [0.2, 0.25) is 0 Å². The van der Waals surface area contributed by atoms with E-state index in [9.17, 15) is 22.0 Å². The summed E-state index contributed by atoms with van der Waals surface area (Å²) in [6.07, 6.45) is -2.86. The van der Waals surface area contributed by atoms with Crippen LogP contribution < -0.4 is 0 Å². The molecule has 0 saturated heterocycles. The van der Waals surface area contributed by atoms with Gasteiger partial charge in [0.1, 0.15) is 5.83 Å². The van der Waals surface area contributed by atoms with Crippen molar-refractivity contribution in [3.63, 3.8) is 0 Å². The molecule has 0 nitrogen and oxygen atoms in total. The molecule has 0 aromatic heterocycles. The van der Waals surface area contributed by atoms with Crippen LogP contribution in [0.1, 0.15) is 6.42 Å². The fraction of sp³-hybridized carbons (Fsp3) is 0.500. The summed E-state index contributed by atoms with van der Waals surface area (Å²) in [7, 11) is 0. The van der Waals surface area contributed by atoms with Crippen LogP contribution in [0.4, 0.5) is 22.0 Å². The van der Waals surface area contributed by atoms with Gasteiger partial charge in [-0.1, -0.05) is 6.08 Å². The van der Waals surface area contributed by atoms with E-state index in [0.29, 0.717) is 0 Å². The predicted molar refractivity (Wildman–Crippen MR) is 45.3 cm³/mol. The zero-order chi connectivity index (χ0) is 10.9. The van der Waals surface area contributed by atoms with E-state index in [1.54, 1.807) is 6.26 Å². The molecule has 0 fully saturated rings. The molecular weight excluding hydrogens is 223 g/mol. The van der Waals surface area contributed by atoms with Crippen molar-refractivity contribution in [3.8, 4) is 0 Å². The van der Waals surface area contributed by atoms with E-state index in [4.69, 9.17) is 0 Å². The standard InChI is InChI=1S/C8H7F5S/c1-14-4-2-5(8(11,12)13)7(10)6(9)3-4/h2,4H,3H2,1H3. The Hall–Kier alpha value is -0.520. The van der Waals surface area contributed by atoms with Gasteiger partial charge in [-0.3, -0.25) is 0 Å². The molecular formula is C8H7F5S. The van der Waals surface area contributed by atoms with Gasteiger partial charge in [-0.15, -0.1) is 0 Å². The topological polar surface area (TPSA) is 0 Å². The number of halogens is 5. The Morgan fingerprint density at radius 1 is 1.36 bits per heavy atom. The first kappa shape index (κ1) is 11.6. The zero-order valence-corrected chi connectivity index (χ0v) is 7.98. The van der Waals surface area contributed by atoms with Gasteiger partial charge < -0.3 is 0 Å². The first-order valence-corrected chi connectivity index (χ1v) is 5.01. The van der Waals surface area contributed by atoms with Crippen molar-refractivity contribution in [2.45, 2.75) is 17.8 Å². The lowest BCUT2D eigenvalue weighted by atomic mass is 10.0. The van der Waals surface area contributed by atoms with Crippen molar-refractivity contribution < 1.29 is 22.0 Å². The summed E-state index contributed by atoms with van der Waals surface area (Å²) >= 11 is 1.05. The quantitative estimate of drug-likeness (QED) is 0.618. The highest BCUT2D eigenvalue weighted by molar-refractivity contribution is 7.99. The van der Waals surface area contributed by atoms with Gasteiger partial charge >= 0.3 is 6.18 Å². The number of hydrogen-bond acceptors (Lipinski definition) is 1. The monoisotopic (exact) mass is 230 g/mol. The fourth-order valence-corrected chi connectivity index (χ4v) is 1.69. The molecule has 0 aliphatic heterocycles. The van der Waals surface area contributed by atoms with Crippen molar-refractivity contribution in [2.24, 2.45) is 0 Å². The summed E-state index contributed by atoms with van der Waals surface area (Å²) in [4.78, 5) is 0. The fourth-order valence-electron chi connectivity index (χ4n) is 1.10. The summed E-state index contributed by atoms with van der Waals surface area (Å²) < 4.78 is 62.0. The van der Waals surface area contributed by atoms with Gasteiger partial charge in [-0.25, -0.2) is 8.78 Å². The molecule has 0 aromatic rings. The van der Waals surface area contributed by atoms with E-state index >= 15 is 0 Å². The van der Waals surface area contributed by atoms with Crippen molar-refractivity contribution in [3.05, 3.63) is 23.3 Å². The van der Waals surface area contributed by atoms with Crippen molar-refractivity contribution >= 4 is 11.8 Å². The van der Waals surface area contributed by atoms with Crippen LogP contribution in [-0.4, -0.2) is 17.7 Å². The third-order valence-electron chi connectivity index (χ3n) is 1.82. The summed E-state index contributed by atoms with van der Waals surface area (Å²) in [5.74, 6) is -3.10. The van der Waals surface area contributed by atoms with Crippen LogP contribution in [0.15, 0.2) is 23.3 Å². The highest BCUT2D eigenvalue weighted by Crippen LogP contribution is 2.40. The zero-order valence-electron chi connectivity index (χ0n) is 7.16. The average molecular weight is 230 g/mol. The van der Waals surface area contributed by atoms with Crippen molar-refractivity contribution in [1.29, 1.82) is 0 Å². The van der Waals surface area contributed by atoms with Gasteiger partial charge in [0.25, 0.3) is 0 Å². The number of alkyl halides is 3. The van der Waals surface area contributed by atoms with Crippen LogP contribution >= 0.6 is 11.8 Å². The predicted octanol–water partition coefficient (Wildman–Crippen LogP) is 3.76. The van der Waals surface area contributed by atoms with Crippen LogP contribution in [0.5, 0.6) is 0 Å². The Kier molecular flexibility index (Phi) is 3.24. The molecule has 1 aliphatic carbocycles. The van der Waals surface area contributed by atoms with E-state index in [2.05, 4.69) is 0 Å². The normalized spacial score (nSPS) is 23.9. The minimum absolute atomic E-state index is 0.313. The first-order chi connectivity index (χ1) is 6.36. The summed E-state index contributed by atoms with van der Waals surface area (Å²) in [6, 6.07) is 0. The SMILES string of the molecule is CSC1C=C(C(F)(F)F)C(F)=C(F)C1. The molecule has 0 aromatic carbocycles.